The first-order valence-corrected chi connectivity index (χ1v) is 6.69. The molecule has 0 aromatic heterocycles. The molecule has 2 unspecified atom stereocenters. The van der Waals surface area contributed by atoms with Crippen LogP contribution in [-0.4, -0.2) is 39.5 Å². The van der Waals surface area contributed by atoms with Crippen molar-refractivity contribution in [2.75, 3.05) is 32.2 Å². The molecule has 0 amide bonds. The van der Waals surface area contributed by atoms with Gasteiger partial charge < -0.3 is 14.4 Å². The Kier molecular flexibility index (Phi) is 4.49. The van der Waals surface area contributed by atoms with Crippen molar-refractivity contribution < 1.29 is 9.47 Å². The number of ether oxygens (including phenoxy) is 2. The molecule has 0 bridgehead atoms. The van der Waals surface area contributed by atoms with Crippen LogP contribution in [-0.2, 0) is 15.4 Å². The minimum Gasteiger partial charge on any atom is -0.377 e. The lowest BCUT2D eigenvalue weighted by Gasteiger charge is -2.21. The third kappa shape index (κ3) is 2.63. The highest BCUT2D eigenvalue weighted by molar-refractivity contribution is 6.17. The monoisotopic (exact) mass is 269 g/mol. The average molecular weight is 270 g/mol. The first kappa shape index (κ1) is 13.7. The molecule has 0 radical (unpaired) electrons. The Hall–Kier alpha value is -0.770. The Morgan fingerprint density at radius 1 is 1.22 bits per heavy atom. The van der Waals surface area contributed by atoms with Crippen LogP contribution in [0.5, 0.6) is 0 Å². The van der Waals surface area contributed by atoms with E-state index in [0.717, 1.165) is 13.1 Å². The third-order valence-corrected chi connectivity index (χ3v) is 3.83. The van der Waals surface area contributed by atoms with Crippen molar-refractivity contribution in [1.29, 1.82) is 0 Å². The summed E-state index contributed by atoms with van der Waals surface area (Å²) in [5.74, 6) is 0.531. The van der Waals surface area contributed by atoms with Gasteiger partial charge >= 0.3 is 0 Å². The van der Waals surface area contributed by atoms with Crippen LogP contribution in [0.4, 0.5) is 5.69 Å². The zero-order chi connectivity index (χ0) is 13.1. The second-order valence-corrected chi connectivity index (χ2v) is 4.99. The van der Waals surface area contributed by atoms with Crippen LogP contribution in [0.25, 0.3) is 0 Å². The number of rotatable bonds is 4. The fraction of sp³-hybridized carbons (Fsp3) is 0.571. The van der Waals surface area contributed by atoms with Gasteiger partial charge in [0.2, 0.25) is 0 Å². The molecule has 0 spiro atoms. The lowest BCUT2D eigenvalue weighted by molar-refractivity contribution is -0.00461. The molecule has 0 N–H and O–H groups in total. The van der Waals surface area contributed by atoms with E-state index in [0.29, 0.717) is 5.88 Å². The van der Waals surface area contributed by atoms with Crippen LogP contribution in [0, 0.1) is 6.92 Å². The number of hydrogen-bond acceptors (Lipinski definition) is 3. The highest BCUT2D eigenvalue weighted by Gasteiger charge is 2.33. The van der Waals surface area contributed by atoms with Gasteiger partial charge in [0.1, 0.15) is 12.2 Å². The summed E-state index contributed by atoms with van der Waals surface area (Å²) < 4.78 is 10.9. The van der Waals surface area contributed by atoms with Gasteiger partial charge in [0.05, 0.1) is 0 Å². The second kappa shape index (κ2) is 5.91. The van der Waals surface area contributed by atoms with E-state index in [1.807, 2.05) is 0 Å². The molecule has 1 aliphatic rings. The van der Waals surface area contributed by atoms with Crippen LogP contribution in [0.2, 0.25) is 0 Å². The van der Waals surface area contributed by atoms with E-state index in [4.69, 9.17) is 21.1 Å². The van der Waals surface area contributed by atoms with Gasteiger partial charge in [0, 0.05) is 38.9 Å². The highest BCUT2D eigenvalue weighted by atomic mass is 35.5. The van der Waals surface area contributed by atoms with Crippen molar-refractivity contribution in [1.82, 2.24) is 0 Å². The summed E-state index contributed by atoms with van der Waals surface area (Å²) in [6.07, 6.45) is 0.249. The smallest absolute Gasteiger partial charge is 0.102 e. The molecule has 3 nitrogen and oxygen atoms in total. The van der Waals surface area contributed by atoms with Gasteiger partial charge in [-0.05, 0) is 18.6 Å². The summed E-state index contributed by atoms with van der Waals surface area (Å²) in [7, 11) is 3.47. The van der Waals surface area contributed by atoms with Crippen molar-refractivity contribution in [3.05, 3.63) is 29.3 Å². The van der Waals surface area contributed by atoms with Crippen LogP contribution in [0.15, 0.2) is 18.2 Å². The number of aryl methyl sites for hydroxylation is 1. The Morgan fingerprint density at radius 2 is 1.83 bits per heavy atom. The molecule has 1 saturated heterocycles. The van der Waals surface area contributed by atoms with Crippen molar-refractivity contribution in [3.8, 4) is 0 Å². The number of benzene rings is 1. The fourth-order valence-corrected chi connectivity index (χ4v) is 2.74. The maximum atomic E-state index is 6.03. The van der Waals surface area contributed by atoms with Crippen LogP contribution in [0.1, 0.15) is 11.1 Å². The van der Waals surface area contributed by atoms with Crippen molar-refractivity contribution in [2.45, 2.75) is 25.0 Å². The van der Waals surface area contributed by atoms with Crippen molar-refractivity contribution in [2.24, 2.45) is 0 Å². The van der Waals surface area contributed by atoms with Gasteiger partial charge in [-0.1, -0.05) is 17.7 Å². The summed E-state index contributed by atoms with van der Waals surface area (Å²) in [5, 5.41) is 0. The molecule has 1 aliphatic heterocycles. The Bertz CT molecular complexity index is 399. The number of halogens is 1. The normalized spacial score (nSPS) is 23.7. The predicted octanol–water partition coefficient (Wildman–Crippen LogP) is 2.58. The van der Waals surface area contributed by atoms with E-state index >= 15 is 0 Å². The quantitative estimate of drug-likeness (QED) is 0.785. The lowest BCUT2D eigenvalue weighted by Crippen LogP contribution is -2.27. The number of nitrogens with zero attached hydrogens (tertiary/aromatic N) is 1. The molecular weight excluding hydrogens is 250 g/mol. The summed E-state index contributed by atoms with van der Waals surface area (Å²) in [6, 6.07) is 6.40. The lowest BCUT2D eigenvalue weighted by atomic mass is 10.1. The first-order chi connectivity index (χ1) is 8.69. The van der Waals surface area contributed by atoms with Gasteiger partial charge in [-0.2, -0.15) is 0 Å². The highest BCUT2D eigenvalue weighted by Crippen LogP contribution is 2.28. The molecule has 100 valence electrons. The molecule has 2 rings (SSSR count). The largest absolute Gasteiger partial charge is 0.377 e. The van der Waals surface area contributed by atoms with Gasteiger partial charge in [-0.3, -0.25) is 0 Å². The van der Waals surface area contributed by atoms with E-state index < -0.39 is 0 Å². The first-order valence-electron chi connectivity index (χ1n) is 6.15. The third-order valence-electron chi connectivity index (χ3n) is 3.54. The summed E-state index contributed by atoms with van der Waals surface area (Å²) in [4.78, 5) is 2.29. The molecular formula is C14H20ClNO2. The van der Waals surface area contributed by atoms with Crippen LogP contribution >= 0.6 is 11.6 Å². The molecule has 0 saturated carbocycles. The number of alkyl halides is 1. The fourth-order valence-electron chi connectivity index (χ4n) is 2.52. The molecule has 18 heavy (non-hydrogen) atoms. The van der Waals surface area contributed by atoms with Crippen molar-refractivity contribution in [3.63, 3.8) is 0 Å². The van der Waals surface area contributed by atoms with Gasteiger partial charge in [-0.25, -0.2) is 0 Å². The zero-order valence-corrected chi connectivity index (χ0v) is 11.9. The van der Waals surface area contributed by atoms with Gasteiger partial charge in [0.25, 0.3) is 0 Å². The Morgan fingerprint density at radius 3 is 2.33 bits per heavy atom. The summed E-state index contributed by atoms with van der Waals surface area (Å²) in [5.41, 5.74) is 3.60. The van der Waals surface area contributed by atoms with Gasteiger partial charge in [0.15, 0.2) is 0 Å². The number of hydrogen-bond donors (Lipinski definition) is 0. The minimum absolute atomic E-state index is 0.125. The van der Waals surface area contributed by atoms with Crippen LogP contribution < -0.4 is 4.90 Å². The molecule has 1 fully saturated rings. The molecule has 4 heteroatoms. The molecule has 2 atom stereocenters. The van der Waals surface area contributed by atoms with E-state index in [1.54, 1.807) is 14.2 Å². The SMILES string of the molecule is COC1CN(c2ccc(C)cc2CCl)CC1OC. The predicted molar refractivity (Wildman–Crippen MR) is 74.5 cm³/mol. The maximum Gasteiger partial charge on any atom is 0.102 e. The topological polar surface area (TPSA) is 21.7 Å². The van der Waals surface area contributed by atoms with E-state index in [2.05, 4.69) is 30.0 Å². The van der Waals surface area contributed by atoms with E-state index in [-0.39, 0.29) is 12.2 Å². The maximum absolute atomic E-state index is 6.03. The molecule has 1 heterocycles. The molecule has 1 aromatic rings. The van der Waals surface area contributed by atoms with Crippen molar-refractivity contribution >= 4 is 17.3 Å². The summed E-state index contributed by atoms with van der Waals surface area (Å²) >= 11 is 6.03. The summed E-state index contributed by atoms with van der Waals surface area (Å²) in [6.45, 7) is 3.78. The second-order valence-electron chi connectivity index (χ2n) is 4.72. The number of anilines is 1. The average Bonchev–Trinajstić information content (AvgIpc) is 2.81. The Balaban J connectivity index is 2.22. The van der Waals surface area contributed by atoms with Crippen LogP contribution in [0.3, 0.4) is 0 Å². The molecule has 1 aromatic carbocycles. The minimum atomic E-state index is 0.125. The zero-order valence-electron chi connectivity index (χ0n) is 11.1. The number of methoxy groups -OCH3 is 2. The molecule has 0 aliphatic carbocycles. The standard InChI is InChI=1S/C14H20ClNO2/c1-10-4-5-12(11(6-10)7-15)16-8-13(17-2)14(9-16)18-3/h4-6,13-14H,7-9H2,1-3H3. The Labute approximate surface area is 114 Å². The van der Waals surface area contributed by atoms with E-state index in [9.17, 15) is 0 Å². The van der Waals surface area contributed by atoms with E-state index in [1.165, 1.54) is 16.8 Å². The van der Waals surface area contributed by atoms with Gasteiger partial charge in [-0.15, -0.1) is 11.6 Å².